The molecular weight excluding hydrogens is 504 g/mol. The second-order valence-electron chi connectivity index (χ2n) is 11.5. The Labute approximate surface area is 232 Å². The Bertz CT molecular complexity index is 908. The van der Waals surface area contributed by atoms with E-state index >= 15 is 0 Å². The van der Waals surface area contributed by atoms with E-state index in [1.54, 1.807) is 18.2 Å². The van der Waals surface area contributed by atoms with Crippen LogP contribution in [0.4, 0.5) is 0 Å². The lowest BCUT2D eigenvalue weighted by atomic mass is 9.88. The van der Waals surface area contributed by atoms with Gasteiger partial charge in [-0.3, -0.25) is 9.59 Å². The van der Waals surface area contributed by atoms with Crippen LogP contribution in [0.25, 0.3) is 0 Å². The van der Waals surface area contributed by atoms with Crippen LogP contribution in [0, 0.1) is 17.8 Å². The molecule has 0 radical (unpaired) electrons. The van der Waals surface area contributed by atoms with E-state index in [1.165, 1.54) is 13.8 Å². The van der Waals surface area contributed by atoms with Gasteiger partial charge in [-0.25, -0.2) is 0 Å². The number of allylic oxidation sites excluding steroid dienone is 2. The van der Waals surface area contributed by atoms with Gasteiger partial charge in [-0.15, -0.1) is 0 Å². The van der Waals surface area contributed by atoms with Gasteiger partial charge in [0.25, 0.3) is 0 Å². The fourth-order valence-corrected chi connectivity index (χ4v) is 4.94. The second-order valence-corrected chi connectivity index (χ2v) is 11.5. The highest BCUT2D eigenvalue weighted by Crippen LogP contribution is 2.37. The van der Waals surface area contributed by atoms with E-state index in [9.17, 15) is 30.0 Å². The number of esters is 2. The Kier molecular flexibility index (Phi) is 12.4. The maximum Gasteiger partial charge on any atom is 0.309 e. The van der Waals surface area contributed by atoms with Crippen LogP contribution in [0.2, 0.25) is 0 Å². The first-order valence-electron chi connectivity index (χ1n) is 14.0. The van der Waals surface area contributed by atoms with Crippen molar-refractivity contribution < 1.29 is 44.2 Å². The first kappa shape index (κ1) is 33.2. The summed E-state index contributed by atoms with van der Waals surface area (Å²) in [5.74, 6) is -1.69. The summed E-state index contributed by atoms with van der Waals surface area (Å²) in [7, 11) is 0. The molecule has 2 aliphatic rings. The molecule has 2 rings (SSSR count). The first-order chi connectivity index (χ1) is 18.2. The molecule has 0 spiro atoms. The van der Waals surface area contributed by atoms with E-state index in [2.05, 4.69) is 0 Å². The normalized spacial score (nSPS) is 36.6. The van der Waals surface area contributed by atoms with Gasteiger partial charge in [0.15, 0.2) is 0 Å². The van der Waals surface area contributed by atoms with Crippen molar-refractivity contribution in [3.8, 4) is 0 Å². The summed E-state index contributed by atoms with van der Waals surface area (Å²) in [6.07, 6.45) is 5.19. The SMILES string of the molecule is CCC(O)C(C)C1OC1C(O)C(C)/C=C/C=C(\C)C1OC(=O)CC(O)CCC(C)(O)C(OC(C)=O)/C=C/C1C. The number of hydrogen-bond donors (Lipinski definition) is 4. The van der Waals surface area contributed by atoms with E-state index in [0.29, 0.717) is 6.42 Å². The minimum Gasteiger partial charge on any atom is -0.457 e. The zero-order chi connectivity index (χ0) is 29.5. The van der Waals surface area contributed by atoms with Crippen LogP contribution in [0.5, 0.6) is 0 Å². The van der Waals surface area contributed by atoms with E-state index in [1.807, 2.05) is 46.8 Å². The molecule has 0 aromatic carbocycles. The fourth-order valence-electron chi connectivity index (χ4n) is 4.94. The molecule has 1 saturated heterocycles. The largest absolute Gasteiger partial charge is 0.457 e. The predicted molar refractivity (Wildman–Crippen MR) is 146 cm³/mol. The number of hydrogen-bond acceptors (Lipinski definition) is 9. The molecule has 222 valence electrons. The molecule has 39 heavy (non-hydrogen) atoms. The van der Waals surface area contributed by atoms with Crippen molar-refractivity contribution >= 4 is 11.9 Å². The molecular formula is C30H48O9. The van der Waals surface area contributed by atoms with Gasteiger partial charge in [-0.2, -0.15) is 0 Å². The first-order valence-corrected chi connectivity index (χ1v) is 14.0. The van der Waals surface area contributed by atoms with Crippen molar-refractivity contribution in [2.75, 3.05) is 0 Å². The number of aliphatic hydroxyl groups excluding tert-OH is 3. The van der Waals surface area contributed by atoms with Crippen LogP contribution in [0.15, 0.2) is 36.0 Å². The van der Waals surface area contributed by atoms with E-state index < -0.39 is 48.1 Å². The zero-order valence-electron chi connectivity index (χ0n) is 24.3. The van der Waals surface area contributed by atoms with Crippen molar-refractivity contribution in [2.24, 2.45) is 17.8 Å². The molecule has 9 nitrogen and oxygen atoms in total. The Morgan fingerprint density at radius 2 is 1.90 bits per heavy atom. The van der Waals surface area contributed by atoms with Gasteiger partial charge in [-0.05, 0) is 44.8 Å². The summed E-state index contributed by atoms with van der Waals surface area (Å²) >= 11 is 0. The van der Waals surface area contributed by atoms with Gasteiger partial charge in [0.1, 0.15) is 23.9 Å². The Hall–Kier alpha value is -2.04. The molecule has 9 heteroatoms. The van der Waals surface area contributed by atoms with Crippen molar-refractivity contribution in [3.05, 3.63) is 36.0 Å². The second kappa shape index (κ2) is 14.6. The van der Waals surface area contributed by atoms with E-state index in [4.69, 9.17) is 14.2 Å². The van der Waals surface area contributed by atoms with Gasteiger partial charge in [0, 0.05) is 24.7 Å². The lowest BCUT2D eigenvalue weighted by molar-refractivity contribution is -0.157. The van der Waals surface area contributed by atoms with Crippen LogP contribution in [-0.4, -0.2) is 80.7 Å². The summed E-state index contributed by atoms with van der Waals surface area (Å²) in [6.45, 7) is 12.2. The molecule has 0 aliphatic carbocycles. The van der Waals surface area contributed by atoms with Crippen molar-refractivity contribution in [1.82, 2.24) is 0 Å². The van der Waals surface area contributed by atoms with Crippen molar-refractivity contribution in [1.29, 1.82) is 0 Å². The molecule has 4 N–H and O–H groups in total. The molecule has 1 fully saturated rings. The van der Waals surface area contributed by atoms with Crippen molar-refractivity contribution in [2.45, 2.75) is 122 Å². The van der Waals surface area contributed by atoms with Crippen LogP contribution in [0.3, 0.4) is 0 Å². The third-order valence-corrected chi connectivity index (χ3v) is 7.82. The topological polar surface area (TPSA) is 146 Å². The van der Waals surface area contributed by atoms with Gasteiger partial charge in [-0.1, -0.05) is 52.0 Å². The molecule has 0 aromatic rings. The van der Waals surface area contributed by atoms with Gasteiger partial charge >= 0.3 is 11.9 Å². The molecule has 0 bridgehead atoms. The fraction of sp³-hybridized carbons (Fsp3) is 0.733. The number of rotatable bonds is 9. The Morgan fingerprint density at radius 1 is 1.23 bits per heavy atom. The third kappa shape index (κ3) is 9.83. The van der Waals surface area contributed by atoms with Crippen LogP contribution >= 0.6 is 0 Å². The Morgan fingerprint density at radius 3 is 2.51 bits per heavy atom. The molecule has 11 atom stereocenters. The highest BCUT2D eigenvalue weighted by atomic mass is 16.6. The minimum atomic E-state index is -1.43. The highest BCUT2D eigenvalue weighted by molar-refractivity contribution is 5.70. The average molecular weight is 553 g/mol. The summed E-state index contributed by atoms with van der Waals surface area (Å²) in [5, 5.41) is 42.1. The van der Waals surface area contributed by atoms with Crippen LogP contribution in [0.1, 0.15) is 74.1 Å². The number of carbonyl (C=O) groups is 2. The number of cyclic esters (lactones) is 1. The summed E-state index contributed by atoms with van der Waals surface area (Å²) < 4.78 is 16.8. The highest BCUT2D eigenvalue weighted by Gasteiger charge is 2.50. The lowest BCUT2D eigenvalue weighted by Gasteiger charge is -2.32. The average Bonchev–Trinajstić information content (AvgIpc) is 3.66. The number of aliphatic hydroxyl groups is 4. The molecule has 2 aliphatic heterocycles. The van der Waals surface area contributed by atoms with Gasteiger partial charge < -0.3 is 34.6 Å². The number of ether oxygens (including phenoxy) is 3. The maximum atomic E-state index is 12.6. The summed E-state index contributed by atoms with van der Waals surface area (Å²) in [5.41, 5.74) is -0.691. The molecule has 0 saturated carbocycles. The number of epoxide rings is 1. The summed E-state index contributed by atoms with van der Waals surface area (Å²) in [4.78, 5) is 24.3. The number of carbonyl (C=O) groups excluding carboxylic acids is 2. The molecule has 0 amide bonds. The molecule has 11 unspecified atom stereocenters. The smallest absolute Gasteiger partial charge is 0.309 e. The lowest BCUT2D eigenvalue weighted by Crippen LogP contribution is -2.42. The monoisotopic (exact) mass is 552 g/mol. The quantitative estimate of drug-likeness (QED) is 0.147. The summed E-state index contributed by atoms with van der Waals surface area (Å²) in [6, 6.07) is 0. The van der Waals surface area contributed by atoms with E-state index in [0.717, 1.165) is 5.57 Å². The van der Waals surface area contributed by atoms with E-state index in [-0.39, 0.29) is 49.2 Å². The minimum absolute atomic E-state index is 0.0547. The Balaban J connectivity index is 2.17. The third-order valence-electron chi connectivity index (χ3n) is 7.82. The van der Waals surface area contributed by atoms with Crippen molar-refractivity contribution in [3.63, 3.8) is 0 Å². The standard InChI is InChI=1S/C30H48O9/c1-8-23(33)20(5)28-29(39-28)26(35)17(2)10-9-11-18(3)27-19(4)12-13-24(37-21(6)31)30(7,36)15-14-22(32)16-25(34)38-27/h9-13,17,19-20,22-24,26-29,32-33,35-36H,8,14-16H2,1-7H3/b10-9+,13-12+,18-11+. The zero-order valence-corrected chi connectivity index (χ0v) is 24.3. The molecule has 2 heterocycles. The van der Waals surface area contributed by atoms with Gasteiger partial charge in [0.05, 0.1) is 30.8 Å². The maximum absolute atomic E-state index is 12.6. The predicted octanol–water partition coefficient (Wildman–Crippen LogP) is 2.99. The van der Waals surface area contributed by atoms with Crippen LogP contribution in [-0.2, 0) is 23.8 Å². The van der Waals surface area contributed by atoms with Gasteiger partial charge in [0.2, 0.25) is 0 Å². The molecule has 0 aromatic heterocycles. The van der Waals surface area contributed by atoms with Crippen LogP contribution < -0.4 is 0 Å².